The predicted molar refractivity (Wildman–Crippen MR) is 208 cm³/mol. The average molecular weight is 919 g/mol. The number of alkyl halides is 12. The van der Waals surface area contributed by atoms with Crippen LogP contribution < -0.4 is 0 Å². The fraction of sp³-hybridized carbons (Fsp3) is 1.00. The summed E-state index contributed by atoms with van der Waals surface area (Å²) in [5.74, 6) is -2.15. The van der Waals surface area contributed by atoms with Crippen LogP contribution in [0.4, 0.5) is 52.7 Å². The molecule has 2 aliphatic rings. The van der Waals surface area contributed by atoms with Crippen LogP contribution in [0.5, 0.6) is 0 Å². The van der Waals surface area contributed by atoms with Gasteiger partial charge in [-0.15, -0.1) is 0 Å². The van der Waals surface area contributed by atoms with Crippen molar-refractivity contribution in [3.05, 3.63) is 0 Å². The maximum absolute atomic E-state index is 14.2. The van der Waals surface area contributed by atoms with Gasteiger partial charge in [-0.25, -0.2) is 0 Å². The fourth-order valence-corrected chi connectivity index (χ4v) is 29.6. The zero-order chi connectivity index (χ0) is 39.5. The van der Waals surface area contributed by atoms with Crippen LogP contribution in [0, 0.1) is 17.8 Å². The van der Waals surface area contributed by atoms with E-state index in [-0.39, 0.29) is 87.3 Å². The first-order chi connectivity index (χ1) is 23.2. The van der Waals surface area contributed by atoms with Gasteiger partial charge in [0.1, 0.15) is 6.79 Å². The van der Waals surface area contributed by atoms with Gasteiger partial charge >= 0.3 is 33.3 Å². The van der Waals surface area contributed by atoms with Gasteiger partial charge < -0.3 is 32.3 Å². The van der Waals surface area contributed by atoms with E-state index in [1.54, 1.807) is 13.5 Å². The third-order valence-corrected chi connectivity index (χ3v) is 29.3. The minimum atomic E-state index is -5.99. The van der Waals surface area contributed by atoms with Crippen molar-refractivity contribution in [3.63, 3.8) is 0 Å². The molecule has 0 aromatic rings. The van der Waals surface area contributed by atoms with Crippen LogP contribution in [0.15, 0.2) is 0 Å². The maximum Gasteiger partial charge on any atom is 0.426 e. The maximum atomic E-state index is 14.2. The number of halogens is 12. The van der Waals surface area contributed by atoms with Crippen LogP contribution in [0.25, 0.3) is 0 Å². The Balaban J connectivity index is -0.00000150. The molecule has 2 bridgehead atoms. The van der Waals surface area contributed by atoms with Crippen LogP contribution >= 0.6 is 0 Å². The highest BCUT2D eigenvalue weighted by Gasteiger charge is 2.73. The summed E-state index contributed by atoms with van der Waals surface area (Å²) >= 11 is 0. The van der Waals surface area contributed by atoms with Crippen molar-refractivity contribution in [1.82, 2.24) is 0 Å². The van der Waals surface area contributed by atoms with Crippen LogP contribution in [0.1, 0.15) is 96.9 Å². The van der Waals surface area contributed by atoms with Crippen molar-refractivity contribution in [2.45, 2.75) is 168 Å². The molecule has 7 nitrogen and oxygen atoms in total. The van der Waals surface area contributed by atoms with E-state index in [0.717, 1.165) is 0 Å². The van der Waals surface area contributed by atoms with Gasteiger partial charge in [-0.05, 0) is 86.6 Å². The van der Waals surface area contributed by atoms with E-state index < -0.39 is 105 Å². The lowest BCUT2D eigenvalue weighted by atomic mass is 9.79. The van der Waals surface area contributed by atoms with E-state index in [9.17, 15) is 57.8 Å². The van der Waals surface area contributed by atoms with Gasteiger partial charge in [0, 0.05) is 40.7 Å². The molecule has 0 heterocycles. The number of hydrogen-bond acceptors (Lipinski definition) is 7. The number of hydrogen-bond donors (Lipinski definition) is 1. The van der Waals surface area contributed by atoms with Gasteiger partial charge in [-0.1, -0.05) is 57.9 Å². The Morgan fingerprint density at radius 1 is 0.649 bits per heavy atom. The molecule has 0 radical (unpaired) electrons. The third kappa shape index (κ3) is 13.8. The first-order valence-corrected chi connectivity index (χ1v) is 24.0. The van der Waals surface area contributed by atoms with Gasteiger partial charge in [-0.2, -0.15) is 52.7 Å². The molecule has 352 valence electrons. The van der Waals surface area contributed by atoms with Crippen molar-refractivity contribution >= 4 is 25.2 Å². The summed E-state index contributed by atoms with van der Waals surface area (Å²) in [4.78, 5) is 0. The smallest absolute Gasteiger partial charge is 0.420 e. The first kappa shape index (κ1) is 65.6. The average Bonchev–Trinajstić information content (AvgIpc) is 3.62. The van der Waals surface area contributed by atoms with Crippen LogP contribution in [0.3, 0.4) is 0 Å². The summed E-state index contributed by atoms with van der Waals surface area (Å²) in [6, 6.07) is 0.0362. The van der Waals surface area contributed by atoms with E-state index in [1.165, 1.54) is 35.4 Å². The van der Waals surface area contributed by atoms with E-state index in [4.69, 9.17) is 17.7 Å². The summed E-state index contributed by atoms with van der Waals surface area (Å²) in [5.41, 5.74) is -9.97. The van der Waals surface area contributed by atoms with Gasteiger partial charge in [0.15, 0.2) is 16.6 Å². The van der Waals surface area contributed by atoms with Crippen LogP contribution in [-0.2, 0) is 27.2 Å². The zero-order valence-corrected chi connectivity index (χ0v) is 32.7. The standard InChI is InChI=1S/C29H50F12O7Si3.6CH4/c1-8-47-17-48-25(28(36,37)38,29(39,40)41)11-10-12-50(44-4,19-51(9-2,45-5)46-6)18-49(7,43-3)23-15-20-13-21(22(23)14-20)16-24(42,26(30,31)32)27(33,34)35;;;;;;/h20-23,42H,8-19H2,1-7H3;6*1H4. The molecule has 6 atom stereocenters. The molecule has 2 rings (SSSR count). The minimum absolute atomic E-state index is 0. The Hall–Kier alpha value is -0.469. The summed E-state index contributed by atoms with van der Waals surface area (Å²) in [6.07, 6.45) is -26.9. The van der Waals surface area contributed by atoms with Crippen molar-refractivity contribution in [3.8, 4) is 0 Å². The molecule has 2 fully saturated rings. The van der Waals surface area contributed by atoms with E-state index in [1.807, 2.05) is 0 Å². The van der Waals surface area contributed by atoms with E-state index >= 15 is 0 Å². The van der Waals surface area contributed by atoms with Gasteiger partial charge in [0.25, 0.3) is 11.2 Å². The lowest BCUT2D eigenvalue weighted by Crippen LogP contribution is -2.60. The molecular weight excluding hydrogens is 845 g/mol. The highest BCUT2D eigenvalue weighted by molar-refractivity contribution is 6.98. The van der Waals surface area contributed by atoms with Gasteiger partial charge in [0.05, 0.1) is 0 Å². The highest BCUT2D eigenvalue weighted by Crippen LogP contribution is 2.63. The molecule has 1 N–H and O–H groups in total. The fourth-order valence-electron chi connectivity index (χ4n) is 8.38. The largest absolute Gasteiger partial charge is 0.426 e. The summed E-state index contributed by atoms with van der Waals surface area (Å²) in [5, 5.41) is 10.0. The number of rotatable bonds is 20. The monoisotopic (exact) mass is 918 g/mol. The lowest BCUT2D eigenvalue weighted by Gasteiger charge is -2.47. The summed E-state index contributed by atoms with van der Waals surface area (Å²) < 4.78 is 200. The molecule has 6 unspecified atom stereocenters. The van der Waals surface area contributed by atoms with E-state index in [0.29, 0.717) is 12.5 Å². The SMILES string of the molecule is C.C.C.C.C.C.CCOCOC(CCC[Si](C[Si](CC)(OC)OC)(C[Si](C)(OC)C1CC2CC(CC(O)(C(F)(F)F)C(F)(F)F)C1C2)OC)(C(F)(F)F)C(F)(F)F. The molecule has 22 heteroatoms. The highest BCUT2D eigenvalue weighted by atomic mass is 28.4. The Kier molecular flexibility index (Phi) is 27.3. The minimum Gasteiger partial charge on any atom is -0.420 e. The Morgan fingerprint density at radius 2 is 1.14 bits per heavy atom. The molecule has 2 aliphatic carbocycles. The molecule has 57 heavy (non-hydrogen) atoms. The second-order valence-electron chi connectivity index (χ2n) is 14.0. The normalized spacial score (nSPS) is 22.3. The van der Waals surface area contributed by atoms with Crippen molar-refractivity contribution < 1.29 is 85.0 Å². The number of fused-ring (bicyclic) bond motifs is 2. The van der Waals surface area contributed by atoms with Crippen LogP contribution in [-0.4, -0.2) is 108 Å². The van der Waals surface area contributed by atoms with Gasteiger partial charge in [0.2, 0.25) is 0 Å². The Bertz CT molecular complexity index is 1080. The second kappa shape index (κ2) is 23.7. The topological polar surface area (TPSA) is 75.6 Å². The Morgan fingerprint density at radius 3 is 1.49 bits per heavy atom. The quantitative estimate of drug-likeness (QED) is 0.0564. The molecule has 0 spiro atoms. The molecule has 0 aromatic carbocycles. The van der Waals surface area contributed by atoms with Gasteiger partial charge in [-0.3, -0.25) is 0 Å². The molecule has 0 aliphatic heterocycles. The molecule has 0 aromatic heterocycles. The molecule has 0 amide bonds. The van der Waals surface area contributed by atoms with Crippen LogP contribution in [0.2, 0.25) is 35.5 Å². The van der Waals surface area contributed by atoms with Crippen molar-refractivity contribution in [2.75, 3.05) is 41.8 Å². The second-order valence-corrected chi connectivity index (χ2v) is 27.2. The van der Waals surface area contributed by atoms with Crippen molar-refractivity contribution in [1.29, 1.82) is 0 Å². The zero-order valence-electron chi connectivity index (χ0n) is 29.7. The summed E-state index contributed by atoms with van der Waals surface area (Å²) in [6.45, 7) is 3.33. The molecular formula is C35H74F12O7Si3. The predicted octanol–water partition coefficient (Wildman–Crippen LogP) is 12.8. The molecule has 2 saturated carbocycles. The number of ether oxygens (including phenoxy) is 2. The van der Waals surface area contributed by atoms with E-state index in [2.05, 4.69) is 9.47 Å². The summed E-state index contributed by atoms with van der Waals surface area (Å²) in [7, 11) is -4.78. The molecule has 0 saturated heterocycles. The van der Waals surface area contributed by atoms with Crippen molar-refractivity contribution in [2.24, 2.45) is 17.8 Å². The number of aliphatic hydroxyl groups is 1. The lowest BCUT2D eigenvalue weighted by molar-refractivity contribution is -0.394. The Labute approximate surface area is 337 Å². The first-order valence-electron chi connectivity index (χ1n) is 16.6. The third-order valence-electron chi connectivity index (χ3n) is 11.3.